The fourth-order valence-electron chi connectivity index (χ4n) is 2.29. The Morgan fingerprint density at radius 2 is 2.09 bits per heavy atom. The Morgan fingerprint density at radius 3 is 2.70 bits per heavy atom. The molecule has 0 unspecified atom stereocenters. The third-order valence-electron chi connectivity index (χ3n) is 3.30. The molecule has 1 aromatic rings. The van der Waals surface area contributed by atoms with Gasteiger partial charge in [0.1, 0.15) is 5.75 Å². The van der Waals surface area contributed by atoms with Crippen molar-refractivity contribution in [2.24, 2.45) is 0 Å². The van der Waals surface area contributed by atoms with Gasteiger partial charge in [0.25, 0.3) is 0 Å². The second-order valence-electron chi connectivity index (χ2n) is 5.00. The molecule has 1 aliphatic heterocycles. The average Bonchev–Trinajstić information content (AvgIpc) is 2.90. The Balaban J connectivity index is 0.00000264. The number of benzene rings is 1. The predicted octanol–water partition coefficient (Wildman–Crippen LogP) is 2.43. The van der Waals surface area contributed by atoms with Gasteiger partial charge in [-0.3, -0.25) is 0 Å². The molecule has 1 atom stereocenters. The molecule has 0 aromatic heterocycles. The van der Waals surface area contributed by atoms with E-state index in [4.69, 9.17) is 0 Å². The molecule has 10 heteroatoms. The molecular weight excluding hydrogens is 357 g/mol. The Hall–Kier alpha value is -1.03. The van der Waals surface area contributed by atoms with Crippen molar-refractivity contribution in [3.05, 3.63) is 24.3 Å². The standard InChI is InChI=1S/C13H17F3N2O3S.ClH/c14-13(15,16)21-11-4-1-5-12(9-11)22(19,20)18-8-6-10-3-2-7-17-10;/h1,4-5,9-10,17-18H,2-3,6-8H2;1H/t10-;/m1./s1. The summed E-state index contributed by atoms with van der Waals surface area (Å²) in [6.45, 7) is 1.15. The first-order valence-electron chi connectivity index (χ1n) is 6.85. The van der Waals surface area contributed by atoms with Gasteiger partial charge in [0.2, 0.25) is 10.0 Å². The lowest BCUT2D eigenvalue weighted by Crippen LogP contribution is -2.30. The van der Waals surface area contributed by atoms with E-state index in [0.717, 1.165) is 31.5 Å². The summed E-state index contributed by atoms with van der Waals surface area (Å²) in [7, 11) is -3.86. The van der Waals surface area contributed by atoms with Crippen LogP contribution in [0.3, 0.4) is 0 Å². The molecule has 0 radical (unpaired) electrons. The maximum atomic E-state index is 12.2. The molecule has 132 valence electrons. The number of sulfonamides is 1. The van der Waals surface area contributed by atoms with Crippen LogP contribution in [-0.2, 0) is 10.0 Å². The molecule has 1 fully saturated rings. The van der Waals surface area contributed by atoms with Gasteiger partial charge >= 0.3 is 6.36 Å². The lowest BCUT2D eigenvalue weighted by atomic mass is 10.2. The summed E-state index contributed by atoms with van der Waals surface area (Å²) in [5.74, 6) is -0.562. The number of rotatable bonds is 6. The number of ether oxygens (including phenoxy) is 1. The molecule has 23 heavy (non-hydrogen) atoms. The molecule has 2 N–H and O–H groups in total. The minimum absolute atomic E-state index is 0. The van der Waals surface area contributed by atoms with E-state index in [-0.39, 0.29) is 29.9 Å². The smallest absolute Gasteiger partial charge is 0.406 e. The van der Waals surface area contributed by atoms with Gasteiger partial charge in [-0.15, -0.1) is 25.6 Å². The Bertz CT molecular complexity index is 605. The second kappa shape index (κ2) is 8.18. The summed E-state index contributed by atoms with van der Waals surface area (Å²) in [5, 5.41) is 3.24. The average molecular weight is 375 g/mol. The highest BCUT2D eigenvalue weighted by Gasteiger charge is 2.31. The van der Waals surface area contributed by atoms with Crippen molar-refractivity contribution in [2.45, 2.75) is 36.6 Å². The van der Waals surface area contributed by atoms with E-state index in [1.54, 1.807) is 0 Å². The van der Waals surface area contributed by atoms with E-state index in [2.05, 4.69) is 14.8 Å². The van der Waals surface area contributed by atoms with Crippen molar-refractivity contribution in [3.8, 4) is 5.75 Å². The maximum absolute atomic E-state index is 12.2. The van der Waals surface area contributed by atoms with E-state index in [1.807, 2.05) is 0 Å². The van der Waals surface area contributed by atoms with Crippen LogP contribution in [0.15, 0.2) is 29.2 Å². The summed E-state index contributed by atoms with van der Waals surface area (Å²) in [5.41, 5.74) is 0. The van der Waals surface area contributed by atoms with Crippen molar-refractivity contribution in [1.29, 1.82) is 0 Å². The van der Waals surface area contributed by atoms with Crippen molar-refractivity contribution in [3.63, 3.8) is 0 Å². The van der Waals surface area contributed by atoms with Crippen molar-refractivity contribution < 1.29 is 26.3 Å². The second-order valence-corrected chi connectivity index (χ2v) is 6.77. The summed E-state index contributed by atoms with van der Waals surface area (Å²) >= 11 is 0. The first-order valence-corrected chi connectivity index (χ1v) is 8.33. The molecule has 5 nitrogen and oxygen atoms in total. The molecule has 1 aliphatic rings. The quantitative estimate of drug-likeness (QED) is 0.802. The van der Waals surface area contributed by atoms with Crippen molar-refractivity contribution in [2.75, 3.05) is 13.1 Å². The van der Waals surface area contributed by atoms with E-state index in [0.29, 0.717) is 6.42 Å². The Morgan fingerprint density at radius 1 is 1.35 bits per heavy atom. The van der Waals surface area contributed by atoms with Crippen molar-refractivity contribution >= 4 is 22.4 Å². The maximum Gasteiger partial charge on any atom is 0.573 e. The fraction of sp³-hybridized carbons (Fsp3) is 0.538. The lowest BCUT2D eigenvalue weighted by Gasteiger charge is -2.12. The summed E-state index contributed by atoms with van der Waals surface area (Å²) in [4.78, 5) is -0.256. The zero-order chi connectivity index (χ0) is 16.2. The molecule has 2 rings (SSSR count). The van der Waals surface area contributed by atoms with Crippen LogP contribution in [0.4, 0.5) is 13.2 Å². The molecule has 1 saturated heterocycles. The van der Waals surface area contributed by atoms with Gasteiger partial charge in [-0.2, -0.15) is 0 Å². The molecule has 0 aliphatic carbocycles. The summed E-state index contributed by atoms with van der Waals surface area (Å²) in [6, 6.07) is 4.61. The highest BCUT2D eigenvalue weighted by Crippen LogP contribution is 2.24. The molecule has 0 spiro atoms. The van der Waals surface area contributed by atoms with Gasteiger partial charge in [0, 0.05) is 18.7 Å². The first kappa shape index (κ1) is 20.0. The number of nitrogens with one attached hydrogen (secondary N) is 2. The molecule has 1 heterocycles. The summed E-state index contributed by atoms with van der Waals surface area (Å²) < 4.78 is 66.7. The van der Waals surface area contributed by atoms with Crippen LogP contribution in [0.1, 0.15) is 19.3 Å². The van der Waals surface area contributed by atoms with Crippen LogP contribution >= 0.6 is 12.4 Å². The third kappa shape index (κ3) is 6.54. The van der Waals surface area contributed by atoms with E-state index < -0.39 is 22.1 Å². The number of hydrogen-bond acceptors (Lipinski definition) is 4. The number of alkyl halides is 3. The minimum Gasteiger partial charge on any atom is -0.406 e. The van der Waals surface area contributed by atoms with Gasteiger partial charge in [-0.25, -0.2) is 13.1 Å². The van der Waals surface area contributed by atoms with Gasteiger partial charge in [-0.1, -0.05) is 6.07 Å². The van der Waals surface area contributed by atoms with Crippen molar-refractivity contribution in [1.82, 2.24) is 10.0 Å². The molecule has 1 aromatic carbocycles. The normalized spacial score (nSPS) is 18.5. The molecule has 0 bridgehead atoms. The number of halogens is 4. The molecule has 0 saturated carbocycles. The van der Waals surface area contributed by atoms with Gasteiger partial charge in [0.15, 0.2) is 0 Å². The predicted molar refractivity (Wildman–Crippen MR) is 81.2 cm³/mol. The van der Waals surface area contributed by atoms with E-state index >= 15 is 0 Å². The highest BCUT2D eigenvalue weighted by atomic mass is 35.5. The van der Waals surface area contributed by atoms with Gasteiger partial charge < -0.3 is 10.1 Å². The van der Waals surface area contributed by atoms with Gasteiger partial charge in [0.05, 0.1) is 4.90 Å². The van der Waals surface area contributed by atoms with Crippen LogP contribution in [0.25, 0.3) is 0 Å². The van der Waals surface area contributed by atoms with Crippen LogP contribution in [0.5, 0.6) is 5.75 Å². The SMILES string of the molecule is Cl.O=S(=O)(NCC[C@H]1CCCN1)c1cccc(OC(F)(F)F)c1. The summed E-state index contributed by atoms with van der Waals surface area (Å²) in [6.07, 6.45) is -2.16. The van der Waals surface area contributed by atoms with Crippen LogP contribution in [-0.4, -0.2) is 33.9 Å². The number of hydrogen-bond donors (Lipinski definition) is 2. The molecular formula is C13H18ClF3N2O3S. The Kier molecular flexibility index (Phi) is 7.12. The largest absolute Gasteiger partial charge is 0.573 e. The zero-order valence-electron chi connectivity index (χ0n) is 12.1. The third-order valence-corrected chi connectivity index (χ3v) is 4.76. The van der Waals surface area contributed by atoms with E-state index in [9.17, 15) is 21.6 Å². The fourth-order valence-corrected chi connectivity index (χ4v) is 3.37. The lowest BCUT2D eigenvalue weighted by molar-refractivity contribution is -0.274. The monoisotopic (exact) mass is 374 g/mol. The topological polar surface area (TPSA) is 67.4 Å². The highest BCUT2D eigenvalue weighted by molar-refractivity contribution is 7.89. The van der Waals surface area contributed by atoms with Crippen LogP contribution in [0.2, 0.25) is 0 Å². The zero-order valence-corrected chi connectivity index (χ0v) is 13.7. The van der Waals surface area contributed by atoms with E-state index in [1.165, 1.54) is 12.1 Å². The minimum atomic E-state index is -4.86. The van der Waals surface area contributed by atoms with Gasteiger partial charge in [-0.05, 0) is 37.9 Å². The van der Waals surface area contributed by atoms with Crippen LogP contribution < -0.4 is 14.8 Å². The van der Waals surface area contributed by atoms with Crippen LogP contribution in [0, 0.1) is 0 Å². The Labute approximate surface area is 139 Å². The molecule has 0 amide bonds. The first-order chi connectivity index (χ1) is 10.3.